The van der Waals surface area contributed by atoms with E-state index in [0.717, 1.165) is 67.3 Å². The maximum absolute atomic E-state index is 4.58. The first-order chi connectivity index (χ1) is 11.7. The predicted octanol–water partition coefficient (Wildman–Crippen LogP) is 1.65. The fraction of sp³-hybridized carbons (Fsp3) is 0.600. The molecule has 3 heterocycles. The topological polar surface area (TPSA) is 85.3 Å². The van der Waals surface area contributed by atoms with Crippen LogP contribution >= 0.6 is 35.5 Å². The summed E-state index contributed by atoms with van der Waals surface area (Å²) in [5.74, 6) is 1.87. The van der Waals surface area contributed by atoms with Gasteiger partial charge in [-0.3, -0.25) is 10.1 Å². The molecule has 1 aliphatic rings. The third kappa shape index (κ3) is 4.81. The van der Waals surface area contributed by atoms with Gasteiger partial charge in [0.25, 0.3) is 0 Å². The first-order valence-electron chi connectivity index (χ1n) is 8.23. The summed E-state index contributed by atoms with van der Waals surface area (Å²) in [4.78, 5) is 13.6. The van der Waals surface area contributed by atoms with Crippen molar-refractivity contribution in [1.82, 2.24) is 29.8 Å². The second-order valence-corrected chi connectivity index (χ2v) is 6.47. The molecule has 138 valence electrons. The molecule has 1 aliphatic heterocycles. The van der Waals surface area contributed by atoms with E-state index >= 15 is 0 Å². The van der Waals surface area contributed by atoms with Crippen molar-refractivity contribution in [2.75, 3.05) is 38.1 Å². The molecule has 0 radical (unpaired) electrons. The average molecular weight is 476 g/mol. The Labute approximate surface area is 169 Å². The molecule has 3 rings (SSSR count). The fourth-order valence-electron chi connectivity index (χ4n) is 2.69. The van der Waals surface area contributed by atoms with E-state index in [1.807, 2.05) is 20.2 Å². The molecule has 0 aliphatic carbocycles. The number of anilines is 1. The van der Waals surface area contributed by atoms with E-state index in [-0.39, 0.29) is 24.0 Å². The van der Waals surface area contributed by atoms with E-state index in [1.54, 1.807) is 0 Å². The van der Waals surface area contributed by atoms with Gasteiger partial charge in [0.1, 0.15) is 5.82 Å². The Kier molecular flexibility index (Phi) is 7.41. The molecular formula is C15H25IN8S. The van der Waals surface area contributed by atoms with Gasteiger partial charge in [0.2, 0.25) is 5.13 Å². The van der Waals surface area contributed by atoms with Crippen LogP contribution in [0.4, 0.5) is 5.13 Å². The molecule has 0 bridgehead atoms. The number of aliphatic imine (C=N–C) groups is 1. The van der Waals surface area contributed by atoms with Gasteiger partial charge >= 0.3 is 0 Å². The number of hydrogen-bond donors (Lipinski definition) is 2. The zero-order chi connectivity index (χ0) is 16.9. The average Bonchev–Trinajstić information content (AvgIpc) is 3.25. The standard InChI is InChI=1S/C15H24N8S.HI/c1-4-13-19-15(24-21-13)23-7-5-22(6-8-23)14(16-3)17-9-12-10-18-20-11(12)2;/h10H,4-9H2,1-3H3,(H,16,17)(H,18,20);1H. The third-order valence-corrected chi connectivity index (χ3v) is 5.02. The molecule has 0 unspecified atom stereocenters. The molecule has 0 saturated carbocycles. The van der Waals surface area contributed by atoms with Crippen LogP contribution in [0.25, 0.3) is 0 Å². The van der Waals surface area contributed by atoms with Crippen molar-refractivity contribution in [3.8, 4) is 0 Å². The van der Waals surface area contributed by atoms with Crippen LogP contribution in [-0.4, -0.2) is 63.6 Å². The van der Waals surface area contributed by atoms with Crippen molar-refractivity contribution in [2.24, 2.45) is 4.99 Å². The van der Waals surface area contributed by atoms with Crippen LogP contribution in [0.3, 0.4) is 0 Å². The largest absolute Gasteiger partial charge is 0.352 e. The van der Waals surface area contributed by atoms with Crippen molar-refractivity contribution in [3.63, 3.8) is 0 Å². The molecule has 10 heteroatoms. The van der Waals surface area contributed by atoms with Gasteiger partial charge < -0.3 is 15.1 Å². The number of aryl methyl sites for hydroxylation is 2. The van der Waals surface area contributed by atoms with Crippen LogP contribution in [0.5, 0.6) is 0 Å². The highest BCUT2D eigenvalue weighted by atomic mass is 127. The minimum absolute atomic E-state index is 0. The molecule has 0 amide bonds. The summed E-state index contributed by atoms with van der Waals surface area (Å²) in [7, 11) is 1.83. The number of aromatic nitrogens is 4. The fourth-order valence-corrected chi connectivity index (χ4v) is 3.49. The molecule has 25 heavy (non-hydrogen) atoms. The van der Waals surface area contributed by atoms with Gasteiger partial charge in [-0.15, -0.1) is 24.0 Å². The summed E-state index contributed by atoms with van der Waals surface area (Å²) in [6.07, 6.45) is 2.74. The Morgan fingerprint density at radius 1 is 1.36 bits per heavy atom. The lowest BCUT2D eigenvalue weighted by molar-refractivity contribution is 0.372. The van der Waals surface area contributed by atoms with E-state index in [1.165, 1.54) is 11.5 Å². The van der Waals surface area contributed by atoms with Crippen LogP contribution in [0, 0.1) is 6.92 Å². The predicted molar refractivity (Wildman–Crippen MR) is 112 cm³/mol. The molecule has 0 spiro atoms. The van der Waals surface area contributed by atoms with Crippen molar-refractivity contribution < 1.29 is 0 Å². The Hall–Kier alpha value is -1.43. The van der Waals surface area contributed by atoms with Crippen molar-refractivity contribution in [1.29, 1.82) is 0 Å². The molecule has 2 N–H and O–H groups in total. The van der Waals surface area contributed by atoms with Gasteiger partial charge in [-0.25, -0.2) is 4.98 Å². The summed E-state index contributed by atoms with van der Waals surface area (Å²) < 4.78 is 4.38. The summed E-state index contributed by atoms with van der Waals surface area (Å²) in [5.41, 5.74) is 2.25. The number of nitrogens with zero attached hydrogens (tertiary/aromatic N) is 6. The van der Waals surface area contributed by atoms with Crippen LogP contribution in [-0.2, 0) is 13.0 Å². The smallest absolute Gasteiger partial charge is 0.205 e. The van der Waals surface area contributed by atoms with Crippen LogP contribution in [0.15, 0.2) is 11.2 Å². The van der Waals surface area contributed by atoms with E-state index in [4.69, 9.17) is 0 Å². The number of piperazine rings is 1. The van der Waals surface area contributed by atoms with Gasteiger partial charge in [0.15, 0.2) is 5.96 Å². The molecule has 0 atom stereocenters. The van der Waals surface area contributed by atoms with Gasteiger partial charge in [0, 0.05) is 69.0 Å². The number of hydrogen-bond acceptors (Lipinski definition) is 6. The Bertz CT molecular complexity index is 689. The normalized spacial score (nSPS) is 15.2. The quantitative estimate of drug-likeness (QED) is 0.397. The lowest BCUT2D eigenvalue weighted by atomic mass is 10.2. The zero-order valence-corrected chi connectivity index (χ0v) is 18.0. The third-order valence-electron chi connectivity index (χ3n) is 4.21. The maximum Gasteiger partial charge on any atom is 0.205 e. The second kappa shape index (κ2) is 9.32. The molecule has 2 aromatic rings. The lowest BCUT2D eigenvalue weighted by Gasteiger charge is -2.36. The number of H-pyrrole nitrogens is 1. The number of halogens is 1. The Balaban J connectivity index is 0.00000225. The van der Waals surface area contributed by atoms with Gasteiger partial charge in [-0.2, -0.15) is 9.47 Å². The molecule has 8 nitrogen and oxygen atoms in total. The monoisotopic (exact) mass is 476 g/mol. The number of aromatic amines is 1. The first kappa shape index (κ1) is 19.9. The van der Waals surface area contributed by atoms with Crippen molar-refractivity contribution >= 4 is 46.6 Å². The lowest BCUT2D eigenvalue weighted by Crippen LogP contribution is -2.52. The Morgan fingerprint density at radius 3 is 2.68 bits per heavy atom. The molecular weight excluding hydrogens is 451 g/mol. The first-order valence-corrected chi connectivity index (χ1v) is 9.00. The van der Waals surface area contributed by atoms with Crippen LogP contribution in [0.1, 0.15) is 24.0 Å². The van der Waals surface area contributed by atoms with Crippen molar-refractivity contribution in [3.05, 3.63) is 23.3 Å². The highest BCUT2D eigenvalue weighted by Gasteiger charge is 2.22. The molecule has 1 saturated heterocycles. The minimum Gasteiger partial charge on any atom is -0.352 e. The van der Waals surface area contributed by atoms with Crippen molar-refractivity contribution in [2.45, 2.75) is 26.8 Å². The SMILES string of the molecule is CCc1nsc(N2CCN(C(=NC)NCc3cn[nH]c3C)CC2)n1.I. The van der Waals surface area contributed by atoms with E-state index in [2.05, 4.69) is 46.6 Å². The van der Waals surface area contributed by atoms with Gasteiger partial charge in [-0.05, 0) is 6.92 Å². The van der Waals surface area contributed by atoms with E-state index in [9.17, 15) is 0 Å². The number of rotatable bonds is 4. The summed E-state index contributed by atoms with van der Waals surface area (Å²) in [5, 5.41) is 11.5. The second-order valence-electron chi connectivity index (χ2n) is 5.74. The summed E-state index contributed by atoms with van der Waals surface area (Å²) >= 11 is 1.50. The van der Waals surface area contributed by atoms with E-state index in [0.29, 0.717) is 0 Å². The highest BCUT2D eigenvalue weighted by molar-refractivity contribution is 14.0. The van der Waals surface area contributed by atoms with Crippen LogP contribution in [0.2, 0.25) is 0 Å². The molecule has 0 aromatic carbocycles. The minimum atomic E-state index is 0. The zero-order valence-electron chi connectivity index (χ0n) is 14.8. The maximum atomic E-state index is 4.58. The summed E-state index contributed by atoms with van der Waals surface area (Å²) in [6, 6.07) is 0. The number of guanidine groups is 1. The van der Waals surface area contributed by atoms with E-state index < -0.39 is 0 Å². The molecule has 1 fully saturated rings. The van der Waals surface area contributed by atoms with Gasteiger partial charge in [-0.1, -0.05) is 6.92 Å². The number of nitrogens with one attached hydrogen (secondary N) is 2. The molecule has 2 aromatic heterocycles. The Morgan fingerprint density at radius 2 is 2.12 bits per heavy atom. The summed E-state index contributed by atoms with van der Waals surface area (Å²) in [6.45, 7) is 8.55. The van der Waals surface area contributed by atoms with Gasteiger partial charge in [0.05, 0.1) is 6.20 Å². The van der Waals surface area contributed by atoms with Crippen LogP contribution < -0.4 is 10.2 Å². The highest BCUT2D eigenvalue weighted by Crippen LogP contribution is 2.19.